The summed E-state index contributed by atoms with van der Waals surface area (Å²) in [5, 5.41) is 179. The Hall–Kier alpha value is -1.22. The van der Waals surface area contributed by atoms with Gasteiger partial charge in [0.2, 0.25) is 0 Å². The smallest absolute Gasteiger partial charge is 0.283 e. The van der Waals surface area contributed by atoms with Crippen LogP contribution in [0.25, 0.3) is 0 Å². The Kier molecular flexibility index (Phi) is 20.2. The number of nitrogens with two attached hydrogens (primary N) is 1. The molecule has 0 radical (unpaired) electrons. The lowest BCUT2D eigenvalue weighted by Crippen LogP contribution is -2.67. The number of hydrogen-bond donors (Lipinski definition) is 18. The van der Waals surface area contributed by atoms with Gasteiger partial charge in [-0.15, -0.1) is 0 Å². The second kappa shape index (κ2) is 23.5. The van der Waals surface area contributed by atoms with Crippen LogP contribution in [0.3, 0.4) is 0 Å². The number of hydrogen-bond acceptors (Lipinski definition) is 27. The minimum atomic E-state index is -3.61. The molecule has 0 bridgehead atoms. The van der Waals surface area contributed by atoms with E-state index >= 15 is 0 Å². The van der Waals surface area contributed by atoms with Gasteiger partial charge in [-0.05, 0) is 6.42 Å². The average molecular weight is 924 g/mol. The number of rotatable bonds is 21. The molecule has 4 fully saturated rings. The fraction of sp³-hybridized carbons (Fsp3) is 1.00. The van der Waals surface area contributed by atoms with E-state index in [-0.39, 0.29) is 0 Å². The standard InChI is InChI=1S/C33H59F2NO26/c34-33(35,7-36)8-54-29-22(51)24(17(46)12(5-40)55-29)60-31-23(52)25(18(47)13(6-41)57-31)61-32-27(20(49)16(45)11(4-39)58-32)59-28(53)26(14(43)9(42)1-2-37)62-30-21(50)19(48)15(44)10(3-38)56-30/h9-32,37-53H,1-8,36H2/t9-,10?,11?,12?,13?,14?,15-,16-,17-,18-,19?,20?,21?,22?,23?,24?,25?,26?,27?,28-,29+,30-,31-,32-/m1/s1. The largest absolute Gasteiger partial charge is 0.396 e. The summed E-state index contributed by atoms with van der Waals surface area (Å²) in [5.41, 5.74) is 5.01. The molecule has 19 N–H and O–H groups in total. The fourth-order valence-corrected chi connectivity index (χ4v) is 6.97. The molecule has 0 aliphatic carbocycles. The van der Waals surface area contributed by atoms with E-state index in [0.717, 1.165) is 0 Å². The zero-order valence-corrected chi connectivity index (χ0v) is 32.6. The van der Waals surface area contributed by atoms with Gasteiger partial charge in [-0.25, -0.2) is 8.78 Å². The van der Waals surface area contributed by atoms with Crippen molar-refractivity contribution in [3.63, 3.8) is 0 Å². The van der Waals surface area contributed by atoms with Crippen molar-refractivity contribution in [2.75, 3.05) is 46.2 Å². The number of halogens is 2. The van der Waals surface area contributed by atoms with Crippen LogP contribution >= 0.6 is 0 Å². The second-order valence-electron chi connectivity index (χ2n) is 15.1. The summed E-state index contributed by atoms with van der Waals surface area (Å²) in [5.74, 6) is -3.61. The van der Waals surface area contributed by atoms with Gasteiger partial charge >= 0.3 is 0 Å². The van der Waals surface area contributed by atoms with Crippen LogP contribution < -0.4 is 5.73 Å². The van der Waals surface area contributed by atoms with Gasteiger partial charge in [0.1, 0.15) is 116 Å². The second-order valence-corrected chi connectivity index (χ2v) is 15.1. The van der Waals surface area contributed by atoms with Crippen LogP contribution in [0, 0.1) is 0 Å². The fourth-order valence-electron chi connectivity index (χ4n) is 6.97. The van der Waals surface area contributed by atoms with Gasteiger partial charge in [0.05, 0.1) is 39.1 Å². The monoisotopic (exact) mass is 923 g/mol. The van der Waals surface area contributed by atoms with Crippen molar-refractivity contribution in [2.24, 2.45) is 5.73 Å². The van der Waals surface area contributed by atoms with E-state index in [0.29, 0.717) is 0 Å². The normalized spacial score (nSPS) is 44.1. The summed E-state index contributed by atoms with van der Waals surface area (Å²) in [6.45, 7) is -7.37. The molecule has 0 saturated carbocycles. The van der Waals surface area contributed by atoms with Crippen LogP contribution in [-0.4, -0.2) is 286 Å². The zero-order chi connectivity index (χ0) is 46.4. The molecule has 0 spiro atoms. The van der Waals surface area contributed by atoms with E-state index in [1.165, 1.54) is 0 Å². The third kappa shape index (κ3) is 12.2. The van der Waals surface area contributed by atoms with E-state index in [2.05, 4.69) is 0 Å². The SMILES string of the molecule is NCC(F)(F)CO[C@H]1OC(CO)[C@@H](O)C(O[C@H]2OC(CO)[C@@H](O)C(O[C@H]3OC(CO)[C@@H](O)C(O)C3O[C@@H](O)C(O[C@H]3OC(CO)[C@@H](O)C(O)C3O)C(O)[C@H](O)CCO)C2O)C1O. The summed E-state index contributed by atoms with van der Waals surface area (Å²) >= 11 is 0. The van der Waals surface area contributed by atoms with Gasteiger partial charge in [-0.2, -0.15) is 0 Å². The van der Waals surface area contributed by atoms with Crippen LogP contribution in [-0.2, 0) is 42.6 Å². The molecule has 4 rings (SSSR count). The van der Waals surface area contributed by atoms with Crippen molar-refractivity contribution in [3.05, 3.63) is 0 Å². The molecule has 0 aromatic rings. The van der Waals surface area contributed by atoms with Crippen LogP contribution in [0.5, 0.6) is 0 Å². The first kappa shape index (κ1) is 53.4. The van der Waals surface area contributed by atoms with Crippen molar-refractivity contribution in [1.82, 2.24) is 0 Å². The molecule has 0 aromatic heterocycles. The highest BCUT2D eigenvalue weighted by molar-refractivity contribution is 4.98. The Balaban J connectivity index is 1.62. The summed E-state index contributed by atoms with van der Waals surface area (Å²) < 4.78 is 76.4. The maximum atomic E-state index is 13.9. The van der Waals surface area contributed by atoms with E-state index < -0.39 is 206 Å². The lowest BCUT2D eigenvalue weighted by molar-refractivity contribution is -0.394. The quantitative estimate of drug-likeness (QED) is 0.0475. The zero-order valence-electron chi connectivity index (χ0n) is 32.6. The first-order valence-corrected chi connectivity index (χ1v) is 19.3. The third-order valence-electron chi connectivity index (χ3n) is 10.7. The minimum Gasteiger partial charge on any atom is -0.396 e. The third-order valence-corrected chi connectivity index (χ3v) is 10.7. The van der Waals surface area contributed by atoms with Gasteiger partial charge < -0.3 is 135 Å². The first-order chi connectivity index (χ1) is 29.2. The van der Waals surface area contributed by atoms with Crippen LogP contribution in [0.15, 0.2) is 0 Å². The molecule has 0 aromatic carbocycles. The molecule has 0 amide bonds. The highest BCUT2D eigenvalue weighted by atomic mass is 19.3. The molecule has 4 heterocycles. The van der Waals surface area contributed by atoms with Crippen molar-refractivity contribution in [2.45, 2.75) is 160 Å². The number of alkyl halides is 2. The predicted octanol–water partition coefficient (Wildman–Crippen LogP) is -11.3. The van der Waals surface area contributed by atoms with E-state index in [9.17, 15) is 95.6 Å². The van der Waals surface area contributed by atoms with Crippen LogP contribution in [0.1, 0.15) is 6.42 Å². The lowest BCUT2D eigenvalue weighted by atomic mass is 9.95. The Morgan fingerprint density at radius 1 is 0.516 bits per heavy atom. The molecule has 4 saturated heterocycles. The first-order valence-electron chi connectivity index (χ1n) is 19.3. The topological polar surface area (TPSA) is 453 Å². The molecular weight excluding hydrogens is 864 g/mol. The number of ether oxygens (including phenoxy) is 9. The van der Waals surface area contributed by atoms with Crippen molar-refractivity contribution in [1.29, 1.82) is 0 Å². The number of aliphatic hydroxyl groups excluding tert-OH is 17. The number of aliphatic hydroxyl groups is 17. The molecule has 29 heteroatoms. The maximum absolute atomic E-state index is 13.9. The molecule has 366 valence electrons. The van der Waals surface area contributed by atoms with Crippen molar-refractivity contribution in [3.8, 4) is 0 Å². The molecule has 4 aliphatic heterocycles. The summed E-state index contributed by atoms with van der Waals surface area (Å²) in [6.07, 6.45) is -50.4. The van der Waals surface area contributed by atoms with Gasteiger partial charge in [-0.1, -0.05) is 0 Å². The minimum absolute atomic E-state index is 0.574. The van der Waals surface area contributed by atoms with E-state index in [1.54, 1.807) is 0 Å². The molecule has 62 heavy (non-hydrogen) atoms. The molecule has 14 unspecified atom stereocenters. The average Bonchev–Trinajstić information content (AvgIpc) is 3.25. The summed E-state index contributed by atoms with van der Waals surface area (Å²) in [6, 6.07) is 0. The molecular formula is C33H59F2NO26. The molecule has 24 atom stereocenters. The predicted molar refractivity (Wildman–Crippen MR) is 186 cm³/mol. The Bertz CT molecular complexity index is 1320. The summed E-state index contributed by atoms with van der Waals surface area (Å²) in [7, 11) is 0. The lowest BCUT2D eigenvalue weighted by Gasteiger charge is -2.49. The highest BCUT2D eigenvalue weighted by Crippen LogP contribution is 2.35. The van der Waals surface area contributed by atoms with E-state index in [1.807, 2.05) is 0 Å². The van der Waals surface area contributed by atoms with Gasteiger partial charge in [-0.3, -0.25) is 0 Å². The Morgan fingerprint density at radius 2 is 0.968 bits per heavy atom. The van der Waals surface area contributed by atoms with E-state index in [4.69, 9.17) is 48.4 Å². The van der Waals surface area contributed by atoms with Gasteiger partial charge in [0.15, 0.2) is 31.5 Å². The molecule has 27 nitrogen and oxygen atoms in total. The van der Waals surface area contributed by atoms with Crippen LogP contribution in [0.2, 0.25) is 0 Å². The Morgan fingerprint density at radius 3 is 1.48 bits per heavy atom. The Labute approximate surface area is 350 Å². The van der Waals surface area contributed by atoms with Crippen LogP contribution in [0.4, 0.5) is 8.78 Å². The van der Waals surface area contributed by atoms with Gasteiger partial charge in [0, 0.05) is 6.61 Å². The summed E-state index contributed by atoms with van der Waals surface area (Å²) in [4.78, 5) is 0. The highest BCUT2D eigenvalue weighted by Gasteiger charge is 2.56. The van der Waals surface area contributed by atoms with Crippen molar-refractivity contribution >= 4 is 0 Å². The maximum Gasteiger partial charge on any atom is 0.283 e. The van der Waals surface area contributed by atoms with Crippen molar-refractivity contribution < 1.29 is 138 Å². The molecule has 4 aliphatic rings. The van der Waals surface area contributed by atoms with Gasteiger partial charge in [0.25, 0.3) is 5.92 Å².